The van der Waals surface area contributed by atoms with Crippen molar-refractivity contribution in [1.82, 2.24) is 4.98 Å². The van der Waals surface area contributed by atoms with Crippen molar-refractivity contribution in [3.05, 3.63) is 11.1 Å². The van der Waals surface area contributed by atoms with E-state index in [1.807, 2.05) is 0 Å². The maximum atomic E-state index is 12.1. The zero-order chi connectivity index (χ0) is 13.8. The van der Waals surface area contributed by atoms with Crippen LogP contribution in [-0.4, -0.2) is 23.2 Å². The molecule has 1 saturated carbocycles. The predicted molar refractivity (Wildman–Crippen MR) is 75.3 cm³/mol. The van der Waals surface area contributed by atoms with Gasteiger partial charge in [0.05, 0.1) is 0 Å². The molecule has 104 valence electrons. The number of Topliss-reactive ketones (excluding diaryl/α,β-unsaturated/α-hetero) is 1. The standard InChI is InChI=1S/C13H19N3O2S/c1-8(17)11-7-19-13(15-11)16-12(18)10-4-2-9(6-14)3-5-10/h7,9-10H,2-6,14H2,1H3,(H,15,16,18). The SMILES string of the molecule is CC(=O)c1csc(NC(=O)C2CCC(CN)CC2)n1. The Hall–Kier alpha value is -1.27. The van der Waals surface area contributed by atoms with E-state index in [1.54, 1.807) is 5.38 Å². The number of nitrogens with one attached hydrogen (secondary N) is 1. The van der Waals surface area contributed by atoms with E-state index in [4.69, 9.17) is 5.73 Å². The molecule has 0 saturated heterocycles. The molecule has 0 atom stereocenters. The van der Waals surface area contributed by atoms with Gasteiger partial charge in [-0.25, -0.2) is 4.98 Å². The van der Waals surface area contributed by atoms with Crippen molar-refractivity contribution in [2.24, 2.45) is 17.6 Å². The van der Waals surface area contributed by atoms with Crippen molar-refractivity contribution < 1.29 is 9.59 Å². The van der Waals surface area contributed by atoms with Gasteiger partial charge >= 0.3 is 0 Å². The van der Waals surface area contributed by atoms with Crippen molar-refractivity contribution in [3.63, 3.8) is 0 Å². The number of carbonyl (C=O) groups is 2. The molecule has 1 aromatic heterocycles. The largest absolute Gasteiger partial charge is 0.330 e. The fourth-order valence-corrected chi connectivity index (χ4v) is 3.11. The molecule has 1 amide bonds. The number of anilines is 1. The number of aromatic nitrogens is 1. The molecule has 1 aromatic rings. The lowest BCUT2D eigenvalue weighted by Crippen LogP contribution is -2.29. The molecule has 1 fully saturated rings. The molecule has 19 heavy (non-hydrogen) atoms. The second-order valence-electron chi connectivity index (χ2n) is 5.04. The van der Waals surface area contributed by atoms with E-state index < -0.39 is 0 Å². The molecule has 0 radical (unpaired) electrons. The zero-order valence-electron chi connectivity index (χ0n) is 11.0. The lowest BCUT2D eigenvalue weighted by Gasteiger charge is -2.26. The second kappa shape index (κ2) is 6.25. The molecule has 1 aliphatic rings. The Morgan fingerprint density at radius 1 is 1.42 bits per heavy atom. The third-order valence-corrected chi connectivity index (χ3v) is 4.40. The Morgan fingerprint density at radius 2 is 2.11 bits per heavy atom. The molecule has 1 heterocycles. The maximum Gasteiger partial charge on any atom is 0.229 e. The number of nitrogens with two attached hydrogens (primary N) is 1. The summed E-state index contributed by atoms with van der Waals surface area (Å²) in [4.78, 5) is 27.3. The molecular formula is C13H19N3O2S. The van der Waals surface area contributed by atoms with Crippen LogP contribution in [0.1, 0.15) is 43.1 Å². The topological polar surface area (TPSA) is 85.1 Å². The average Bonchev–Trinajstić information content (AvgIpc) is 2.87. The lowest BCUT2D eigenvalue weighted by molar-refractivity contribution is -0.121. The highest BCUT2D eigenvalue weighted by molar-refractivity contribution is 7.14. The third-order valence-electron chi connectivity index (χ3n) is 3.65. The van der Waals surface area contributed by atoms with E-state index in [0.717, 1.165) is 25.7 Å². The summed E-state index contributed by atoms with van der Waals surface area (Å²) in [5.74, 6) is 0.542. The van der Waals surface area contributed by atoms with Crippen LogP contribution < -0.4 is 11.1 Å². The summed E-state index contributed by atoms with van der Waals surface area (Å²) in [7, 11) is 0. The van der Waals surface area contributed by atoms with Crippen LogP contribution in [0.2, 0.25) is 0 Å². The van der Waals surface area contributed by atoms with E-state index >= 15 is 0 Å². The molecule has 0 aromatic carbocycles. The van der Waals surface area contributed by atoms with E-state index in [9.17, 15) is 9.59 Å². The zero-order valence-corrected chi connectivity index (χ0v) is 11.8. The van der Waals surface area contributed by atoms with Crippen LogP contribution in [-0.2, 0) is 4.79 Å². The quantitative estimate of drug-likeness (QED) is 0.827. The first-order valence-corrected chi connectivity index (χ1v) is 7.45. The molecule has 0 bridgehead atoms. The molecule has 2 rings (SSSR count). The van der Waals surface area contributed by atoms with Crippen LogP contribution >= 0.6 is 11.3 Å². The molecule has 3 N–H and O–H groups in total. The summed E-state index contributed by atoms with van der Waals surface area (Å²) in [6.07, 6.45) is 3.81. The van der Waals surface area contributed by atoms with Gasteiger partial charge in [0.25, 0.3) is 0 Å². The van der Waals surface area contributed by atoms with Gasteiger partial charge in [-0.2, -0.15) is 0 Å². The van der Waals surface area contributed by atoms with Gasteiger partial charge in [0.15, 0.2) is 10.9 Å². The molecular weight excluding hydrogens is 262 g/mol. The predicted octanol–water partition coefficient (Wildman–Crippen LogP) is 2.05. The summed E-state index contributed by atoms with van der Waals surface area (Å²) in [5.41, 5.74) is 6.05. The molecule has 1 aliphatic carbocycles. The monoisotopic (exact) mass is 281 g/mol. The number of hydrogen-bond donors (Lipinski definition) is 2. The van der Waals surface area contributed by atoms with Gasteiger partial charge in [-0.1, -0.05) is 0 Å². The highest BCUT2D eigenvalue weighted by Gasteiger charge is 2.26. The second-order valence-corrected chi connectivity index (χ2v) is 5.89. The van der Waals surface area contributed by atoms with Crippen molar-refractivity contribution in [2.75, 3.05) is 11.9 Å². The number of thiazole rings is 1. The average molecular weight is 281 g/mol. The van der Waals surface area contributed by atoms with Crippen molar-refractivity contribution in [2.45, 2.75) is 32.6 Å². The normalized spacial score (nSPS) is 23.1. The van der Waals surface area contributed by atoms with Crippen LogP contribution in [0, 0.1) is 11.8 Å². The smallest absolute Gasteiger partial charge is 0.229 e. The van der Waals surface area contributed by atoms with Crippen LogP contribution in [0.4, 0.5) is 5.13 Å². The van der Waals surface area contributed by atoms with E-state index in [2.05, 4.69) is 10.3 Å². The fraction of sp³-hybridized carbons (Fsp3) is 0.615. The first kappa shape index (κ1) is 14.1. The Morgan fingerprint density at radius 3 is 2.63 bits per heavy atom. The number of hydrogen-bond acceptors (Lipinski definition) is 5. The minimum atomic E-state index is -0.0831. The van der Waals surface area contributed by atoms with Gasteiger partial charge < -0.3 is 11.1 Å². The van der Waals surface area contributed by atoms with E-state index in [0.29, 0.717) is 23.3 Å². The van der Waals surface area contributed by atoms with Gasteiger partial charge in [0.1, 0.15) is 5.69 Å². The number of nitrogens with zero attached hydrogens (tertiary/aromatic N) is 1. The van der Waals surface area contributed by atoms with Gasteiger partial charge in [0, 0.05) is 18.2 Å². The van der Waals surface area contributed by atoms with Crippen LogP contribution in [0.15, 0.2) is 5.38 Å². The Labute approximate surface area is 116 Å². The summed E-state index contributed by atoms with van der Waals surface area (Å²) >= 11 is 1.29. The molecule has 5 nitrogen and oxygen atoms in total. The summed E-state index contributed by atoms with van der Waals surface area (Å²) in [6, 6.07) is 0. The Balaban J connectivity index is 1.88. The van der Waals surface area contributed by atoms with Crippen molar-refractivity contribution in [1.29, 1.82) is 0 Å². The summed E-state index contributed by atoms with van der Waals surface area (Å²) in [6.45, 7) is 2.18. The fourth-order valence-electron chi connectivity index (χ4n) is 2.36. The first-order chi connectivity index (χ1) is 9.10. The van der Waals surface area contributed by atoms with Crippen LogP contribution in [0.25, 0.3) is 0 Å². The lowest BCUT2D eigenvalue weighted by atomic mass is 9.82. The number of amides is 1. The summed E-state index contributed by atoms with van der Waals surface area (Å²) in [5, 5.41) is 4.98. The van der Waals surface area contributed by atoms with Crippen LogP contribution in [0.5, 0.6) is 0 Å². The minimum Gasteiger partial charge on any atom is -0.330 e. The Kier molecular flexibility index (Phi) is 4.66. The molecule has 0 spiro atoms. The van der Waals surface area contributed by atoms with Gasteiger partial charge in [-0.15, -0.1) is 11.3 Å². The van der Waals surface area contributed by atoms with Gasteiger partial charge in [-0.05, 0) is 38.1 Å². The van der Waals surface area contributed by atoms with Crippen LogP contribution in [0.3, 0.4) is 0 Å². The highest BCUT2D eigenvalue weighted by atomic mass is 32.1. The van der Waals surface area contributed by atoms with Gasteiger partial charge in [-0.3, -0.25) is 9.59 Å². The molecule has 0 unspecified atom stereocenters. The summed E-state index contributed by atoms with van der Waals surface area (Å²) < 4.78 is 0. The van der Waals surface area contributed by atoms with E-state index in [-0.39, 0.29) is 17.6 Å². The Bertz CT molecular complexity index is 464. The third kappa shape index (κ3) is 3.61. The van der Waals surface area contributed by atoms with Crippen molar-refractivity contribution in [3.8, 4) is 0 Å². The first-order valence-electron chi connectivity index (χ1n) is 6.57. The maximum absolute atomic E-state index is 12.1. The molecule has 0 aliphatic heterocycles. The number of ketones is 1. The van der Waals surface area contributed by atoms with E-state index in [1.165, 1.54) is 18.3 Å². The molecule has 6 heteroatoms. The highest BCUT2D eigenvalue weighted by Crippen LogP contribution is 2.29. The van der Waals surface area contributed by atoms with Gasteiger partial charge in [0.2, 0.25) is 5.91 Å². The minimum absolute atomic E-state index is 0.0138. The number of rotatable bonds is 4. The van der Waals surface area contributed by atoms with Crippen molar-refractivity contribution >= 4 is 28.2 Å². The number of carbonyl (C=O) groups excluding carboxylic acids is 2.